The Balaban J connectivity index is 2.09. The lowest BCUT2D eigenvalue weighted by atomic mass is 9.95. The fourth-order valence-corrected chi connectivity index (χ4v) is 2.11. The standard InChI is InChI=1S/C12H23NO2/c1-10(8-12(14)15-2)9-13-11-6-4-3-5-7-11/h10-11,13H,3-9H2,1-2H3. The molecule has 0 amide bonds. The van der Waals surface area contributed by atoms with Gasteiger partial charge in [-0.3, -0.25) is 4.79 Å². The molecule has 1 aliphatic carbocycles. The molecule has 3 heteroatoms. The highest BCUT2D eigenvalue weighted by atomic mass is 16.5. The number of carbonyl (C=O) groups is 1. The van der Waals surface area contributed by atoms with Crippen LogP contribution in [0.3, 0.4) is 0 Å². The van der Waals surface area contributed by atoms with Gasteiger partial charge in [0.15, 0.2) is 0 Å². The molecule has 1 rings (SSSR count). The second kappa shape index (κ2) is 6.83. The molecule has 1 N–H and O–H groups in total. The molecule has 1 unspecified atom stereocenters. The number of methoxy groups -OCH3 is 1. The van der Waals surface area contributed by atoms with Crippen LogP contribution in [0.15, 0.2) is 0 Å². The molecule has 3 nitrogen and oxygen atoms in total. The van der Waals surface area contributed by atoms with Crippen LogP contribution < -0.4 is 5.32 Å². The number of rotatable bonds is 5. The maximum Gasteiger partial charge on any atom is 0.305 e. The van der Waals surface area contributed by atoms with Gasteiger partial charge in [-0.25, -0.2) is 0 Å². The van der Waals surface area contributed by atoms with Gasteiger partial charge < -0.3 is 10.1 Å². The molecule has 0 aromatic heterocycles. The van der Waals surface area contributed by atoms with Crippen LogP contribution >= 0.6 is 0 Å². The van der Waals surface area contributed by atoms with Crippen molar-refractivity contribution in [2.75, 3.05) is 13.7 Å². The predicted octanol–water partition coefficient (Wildman–Crippen LogP) is 2.11. The van der Waals surface area contributed by atoms with E-state index in [0.29, 0.717) is 18.4 Å². The average Bonchev–Trinajstić information content (AvgIpc) is 2.27. The summed E-state index contributed by atoms with van der Waals surface area (Å²) in [5.74, 6) is 0.271. The number of ether oxygens (including phenoxy) is 1. The molecule has 0 heterocycles. The van der Waals surface area contributed by atoms with Gasteiger partial charge in [0.25, 0.3) is 0 Å². The molecule has 15 heavy (non-hydrogen) atoms. The van der Waals surface area contributed by atoms with E-state index in [1.54, 1.807) is 0 Å². The Labute approximate surface area is 92.6 Å². The van der Waals surface area contributed by atoms with Gasteiger partial charge in [0.1, 0.15) is 0 Å². The highest BCUT2D eigenvalue weighted by Crippen LogP contribution is 2.17. The molecule has 0 bridgehead atoms. The molecular weight excluding hydrogens is 190 g/mol. The van der Waals surface area contributed by atoms with Crippen molar-refractivity contribution in [2.24, 2.45) is 5.92 Å². The summed E-state index contributed by atoms with van der Waals surface area (Å²) < 4.78 is 4.65. The zero-order valence-corrected chi connectivity index (χ0v) is 9.92. The van der Waals surface area contributed by atoms with Crippen molar-refractivity contribution in [2.45, 2.75) is 51.5 Å². The summed E-state index contributed by atoms with van der Waals surface area (Å²) in [6, 6.07) is 0.679. The zero-order chi connectivity index (χ0) is 11.1. The Kier molecular flexibility index (Phi) is 5.69. The fourth-order valence-electron chi connectivity index (χ4n) is 2.11. The van der Waals surface area contributed by atoms with E-state index in [1.165, 1.54) is 39.2 Å². The minimum Gasteiger partial charge on any atom is -0.469 e. The van der Waals surface area contributed by atoms with Crippen molar-refractivity contribution in [3.05, 3.63) is 0 Å². The van der Waals surface area contributed by atoms with Gasteiger partial charge in [-0.15, -0.1) is 0 Å². The number of hydrogen-bond acceptors (Lipinski definition) is 3. The van der Waals surface area contributed by atoms with Crippen LogP contribution in [0.1, 0.15) is 45.4 Å². The first kappa shape index (κ1) is 12.5. The SMILES string of the molecule is COC(=O)CC(C)CNC1CCCCC1. The van der Waals surface area contributed by atoms with Crippen LogP contribution in [0, 0.1) is 5.92 Å². The molecule has 0 saturated heterocycles. The molecule has 0 aromatic rings. The van der Waals surface area contributed by atoms with Crippen LogP contribution in [0.4, 0.5) is 0 Å². The van der Waals surface area contributed by atoms with E-state index in [4.69, 9.17) is 0 Å². The average molecular weight is 213 g/mol. The van der Waals surface area contributed by atoms with E-state index in [0.717, 1.165) is 6.54 Å². The highest BCUT2D eigenvalue weighted by Gasteiger charge is 2.15. The summed E-state index contributed by atoms with van der Waals surface area (Å²) in [6.07, 6.45) is 7.20. The summed E-state index contributed by atoms with van der Waals surface area (Å²) in [5.41, 5.74) is 0. The minimum atomic E-state index is -0.104. The first-order chi connectivity index (χ1) is 7.22. The van der Waals surface area contributed by atoms with Crippen molar-refractivity contribution >= 4 is 5.97 Å². The molecule has 0 aromatic carbocycles. The first-order valence-corrected chi connectivity index (χ1v) is 6.02. The van der Waals surface area contributed by atoms with Gasteiger partial charge in [0, 0.05) is 12.5 Å². The lowest BCUT2D eigenvalue weighted by molar-refractivity contribution is -0.141. The van der Waals surface area contributed by atoms with Crippen LogP contribution in [-0.2, 0) is 9.53 Å². The number of carbonyl (C=O) groups excluding carboxylic acids is 1. The third-order valence-corrected chi connectivity index (χ3v) is 3.10. The molecule has 0 radical (unpaired) electrons. The molecule has 1 fully saturated rings. The Bertz CT molecular complexity index is 188. The maximum atomic E-state index is 11.0. The van der Waals surface area contributed by atoms with Crippen LogP contribution in [0.25, 0.3) is 0 Å². The van der Waals surface area contributed by atoms with Crippen molar-refractivity contribution in [1.29, 1.82) is 0 Å². The van der Waals surface area contributed by atoms with Crippen molar-refractivity contribution < 1.29 is 9.53 Å². The second-order valence-electron chi connectivity index (χ2n) is 4.63. The number of nitrogens with one attached hydrogen (secondary N) is 1. The fraction of sp³-hybridized carbons (Fsp3) is 0.917. The van der Waals surface area contributed by atoms with E-state index in [1.807, 2.05) is 0 Å². The Morgan fingerprint density at radius 3 is 2.67 bits per heavy atom. The van der Waals surface area contributed by atoms with Gasteiger partial charge >= 0.3 is 5.97 Å². The molecule has 0 spiro atoms. The lowest BCUT2D eigenvalue weighted by Crippen LogP contribution is -2.34. The zero-order valence-electron chi connectivity index (χ0n) is 9.92. The monoisotopic (exact) mass is 213 g/mol. The second-order valence-corrected chi connectivity index (χ2v) is 4.63. The third kappa shape index (κ3) is 5.17. The van der Waals surface area contributed by atoms with Crippen molar-refractivity contribution in [3.63, 3.8) is 0 Å². The Hall–Kier alpha value is -0.570. The van der Waals surface area contributed by atoms with Crippen molar-refractivity contribution in [1.82, 2.24) is 5.32 Å². The van der Waals surface area contributed by atoms with Gasteiger partial charge in [-0.1, -0.05) is 26.2 Å². The van der Waals surface area contributed by atoms with Gasteiger partial charge in [-0.2, -0.15) is 0 Å². The van der Waals surface area contributed by atoms with E-state index in [2.05, 4.69) is 17.0 Å². The van der Waals surface area contributed by atoms with Crippen LogP contribution in [-0.4, -0.2) is 25.7 Å². The lowest BCUT2D eigenvalue weighted by Gasteiger charge is -2.24. The van der Waals surface area contributed by atoms with Gasteiger partial charge in [-0.05, 0) is 25.3 Å². The molecule has 0 aliphatic heterocycles. The number of esters is 1. The predicted molar refractivity (Wildman–Crippen MR) is 60.7 cm³/mol. The maximum absolute atomic E-state index is 11.0. The topological polar surface area (TPSA) is 38.3 Å². The third-order valence-electron chi connectivity index (χ3n) is 3.10. The van der Waals surface area contributed by atoms with Crippen LogP contribution in [0.2, 0.25) is 0 Å². The Morgan fingerprint density at radius 1 is 1.40 bits per heavy atom. The van der Waals surface area contributed by atoms with Gasteiger partial charge in [0.05, 0.1) is 7.11 Å². The first-order valence-electron chi connectivity index (χ1n) is 6.02. The highest BCUT2D eigenvalue weighted by molar-refractivity contribution is 5.69. The quantitative estimate of drug-likeness (QED) is 0.711. The number of hydrogen-bond donors (Lipinski definition) is 1. The van der Waals surface area contributed by atoms with E-state index >= 15 is 0 Å². The van der Waals surface area contributed by atoms with Crippen molar-refractivity contribution in [3.8, 4) is 0 Å². The molecular formula is C12H23NO2. The largest absolute Gasteiger partial charge is 0.469 e. The smallest absolute Gasteiger partial charge is 0.305 e. The summed E-state index contributed by atoms with van der Waals surface area (Å²) in [5, 5.41) is 3.54. The summed E-state index contributed by atoms with van der Waals surface area (Å²) in [6.45, 7) is 3.02. The molecule has 1 aliphatic rings. The summed E-state index contributed by atoms with van der Waals surface area (Å²) in [4.78, 5) is 11.0. The summed E-state index contributed by atoms with van der Waals surface area (Å²) in [7, 11) is 1.45. The Morgan fingerprint density at radius 2 is 2.07 bits per heavy atom. The van der Waals surface area contributed by atoms with E-state index in [9.17, 15) is 4.79 Å². The van der Waals surface area contributed by atoms with E-state index in [-0.39, 0.29) is 5.97 Å². The normalized spacial score (nSPS) is 19.9. The van der Waals surface area contributed by atoms with Gasteiger partial charge in [0.2, 0.25) is 0 Å². The molecule has 1 atom stereocenters. The summed E-state index contributed by atoms with van der Waals surface area (Å²) >= 11 is 0. The minimum absolute atomic E-state index is 0.104. The van der Waals surface area contributed by atoms with Crippen LogP contribution in [0.5, 0.6) is 0 Å². The molecule has 1 saturated carbocycles. The molecule has 88 valence electrons. The van der Waals surface area contributed by atoms with E-state index < -0.39 is 0 Å².